The van der Waals surface area contributed by atoms with Crippen molar-refractivity contribution in [3.8, 4) is 5.75 Å². The van der Waals surface area contributed by atoms with Crippen LogP contribution in [0, 0.1) is 0 Å². The molecule has 0 spiro atoms. The summed E-state index contributed by atoms with van der Waals surface area (Å²) < 4.78 is 5.87. The molecule has 0 saturated heterocycles. The largest absolute Gasteiger partial charge is 0.497 e. The minimum absolute atomic E-state index is 0.160. The van der Waals surface area contributed by atoms with E-state index in [9.17, 15) is 4.79 Å². The van der Waals surface area contributed by atoms with Gasteiger partial charge in [-0.1, -0.05) is 0 Å². The smallest absolute Gasteiger partial charge is 0.337 e. The van der Waals surface area contributed by atoms with Gasteiger partial charge in [-0.25, -0.2) is 4.79 Å². The van der Waals surface area contributed by atoms with Crippen LogP contribution in [0.4, 0.5) is 0 Å². The van der Waals surface area contributed by atoms with E-state index in [1.807, 2.05) is 0 Å². The molecule has 1 aromatic heterocycles. The monoisotopic (exact) mass is 281 g/mol. The quantitative estimate of drug-likeness (QED) is 0.920. The van der Waals surface area contributed by atoms with E-state index in [1.54, 1.807) is 25.3 Å². The molecule has 1 N–H and O–H groups in total. The van der Waals surface area contributed by atoms with E-state index < -0.39 is 5.97 Å². The normalized spacial score (nSPS) is 10.4. The summed E-state index contributed by atoms with van der Waals surface area (Å²) in [5.74, 6) is -0.336. The van der Waals surface area contributed by atoms with Gasteiger partial charge >= 0.3 is 5.97 Å². The van der Waals surface area contributed by atoms with E-state index in [4.69, 9.17) is 9.84 Å². The first-order valence-electron chi connectivity index (χ1n) is 4.48. The number of carboxylic acid groups (broad SMARTS) is 1. The van der Waals surface area contributed by atoms with Gasteiger partial charge < -0.3 is 9.84 Å². The van der Waals surface area contributed by atoms with E-state index in [0.29, 0.717) is 11.3 Å². The summed E-state index contributed by atoms with van der Waals surface area (Å²) in [6.07, 6.45) is 1.34. The van der Waals surface area contributed by atoms with Gasteiger partial charge in [-0.15, -0.1) is 0 Å². The Morgan fingerprint density at radius 2 is 2.19 bits per heavy atom. The predicted molar refractivity (Wildman–Crippen MR) is 63.0 cm³/mol. The Morgan fingerprint density at radius 1 is 1.44 bits per heavy atom. The fourth-order valence-corrected chi connectivity index (χ4v) is 1.97. The maximum absolute atomic E-state index is 10.8. The molecular formula is C11H8BrNO3. The van der Waals surface area contributed by atoms with Gasteiger partial charge in [-0.3, -0.25) is 4.98 Å². The molecule has 1 heterocycles. The van der Waals surface area contributed by atoms with Crippen molar-refractivity contribution in [3.63, 3.8) is 0 Å². The Hall–Kier alpha value is -1.62. The molecule has 4 nitrogen and oxygen atoms in total. The van der Waals surface area contributed by atoms with E-state index in [1.165, 1.54) is 6.20 Å². The lowest BCUT2D eigenvalue weighted by molar-refractivity contribution is 0.0696. The van der Waals surface area contributed by atoms with Gasteiger partial charge in [0.2, 0.25) is 0 Å². The van der Waals surface area contributed by atoms with Gasteiger partial charge in [0.1, 0.15) is 5.75 Å². The Balaban J connectivity index is 2.71. The van der Waals surface area contributed by atoms with Gasteiger partial charge in [0, 0.05) is 16.1 Å². The Labute approximate surface area is 100.0 Å². The Kier molecular flexibility index (Phi) is 2.78. The number of pyridine rings is 1. The summed E-state index contributed by atoms with van der Waals surface area (Å²) >= 11 is 3.36. The molecule has 0 bridgehead atoms. The van der Waals surface area contributed by atoms with Crippen molar-refractivity contribution in [2.75, 3.05) is 7.11 Å². The highest BCUT2D eigenvalue weighted by molar-refractivity contribution is 9.10. The van der Waals surface area contributed by atoms with Crippen molar-refractivity contribution in [2.24, 2.45) is 0 Å². The number of hydrogen-bond donors (Lipinski definition) is 1. The molecule has 2 rings (SSSR count). The van der Waals surface area contributed by atoms with Crippen LogP contribution >= 0.6 is 15.9 Å². The minimum atomic E-state index is -0.992. The molecule has 5 heteroatoms. The number of rotatable bonds is 2. The highest BCUT2D eigenvalue weighted by atomic mass is 79.9. The number of fused-ring (bicyclic) bond motifs is 1. The molecule has 0 unspecified atom stereocenters. The molecule has 16 heavy (non-hydrogen) atoms. The highest BCUT2D eigenvalue weighted by Crippen LogP contribution is 2.28. The van der Waals surface area contributed by atoms with E-state index >= 15 is 0 Å². The number of ether oxygens (including phenoxy) is 1. The van der Waals surface area contributed by atoms with Crippen LogP contribution in [0.5, 0.6) is 5.75 Å². The van der Waals surface area contributed by atoms with Crippen LogP contribution in [0.2, 0.25) is 0 Å². The molecule has 0 radical (unpaired) electrons. The third-order valence-corrected chi connectivity index (χ3v) is 2.80. The molecule has 0 saturated carbocycles. The van der Waals surface area contributed by atoms with Crippen molar-refractivity contribution in [3.05, 3.63) is 34.4 Å². The lowest BCUT2D eigenvalue weighted by Gasteiger charge is -2.05. The number of aromatic nitrogens is 1. The summed E-state index contributed by atoms with van der Waals surface area (Å²) in [4.78, 5) is 14.9. The second kappa shape index (κ2) is 4.09. The molecule has 0 aliphatic rings. The number of nitrogens with zero attached hydrogens (tertiary/aromatic N) is 1. The van der Waals surface area contributed by atoms with Crippen LogP contribution in [0.3, 0.4) is 0 Å². The highest BCUT2D eigenvalue weighted by Gasteiger charge is 2.08. The standard InChI is InChI=1S/C11H8BrNO3/c1-16-8-3-6-2-7(11(14)15)5-13-10(6)9(12)4-8/h2-5H,1H3,(H,14,15). The SMILES string of the molecule is COc1cc(Br)c2ncc(C(=O)O)cc2c1. The molecule has 2 aromatic rings. The van der Waals surface area contributed by atoms with Crippen LogP contribution in [-0.2, 0) is 0 Å². The molecular weight excluding hydrogens is 274 g/mol. The third-order valence-electron chi connectivity index (χ3n) is 2.19. The van der Waals surface area contributed by atoms with E-state index in [2.05, 4.69) is 20.9 Å². The van der Waals surface area contributed by atoms with Crippen LogP contribution in [0.25, 0.3) is 10.9 Å². The van der Waals surface area contributed by atoms with Crippen LogP contribution < -0.4 is 4.74 Å². The van der Waals surface area contributed by atoms with Gasteiger partial charge in [0.15, 0.2) is 0 Å². The number of aromatic carboxylic acids is 1. The van der Waals surface area contributed by atoms with E-state index in [-0.39, 0.29) is 5.56 Å². The summed E-state index contributed by atoms with van der Waals surface area (Å²) in [6.45, 7) is 0. The number of carbonyl (C=O) groups is 1. The van der Waals surface area contributed by atoms with E-state index in [0.717, 1.165) is 9.86 Å². The number of hydrogen-bond acceptors (Lipinski definition) is 3. The van der Waals surface area contributed by atoms with Crippen molar-refractivity contribution in [1.29, 1.82) is 0 Å². The fourth-order valence-electron chi connectivity index (χ4n) is 1.41. The van der Waals surface area contributed by atoms with Crippen LogP contribution in [-0.4, -0.2) is 23.2 Å². The molecule has 82 valence electrons. The number of halogens is 1. The zero-order valence-corrected chi connectivity index (χ0v) is 9.98. The lowest BCUT2D eigenvalue weighted by atomic mass is 10.1. The van der Waals surface area contributed by atoms with Crippen molar-refractivity contribution in [2.45, 2.75) is 0 Å². The number of methoxy groups -OCH3 is 1. The van der Waals surface area contributed by atoms with Gasteiger partial charge in [-0.2, -0.15) is 0 Å². The molecule has 0 aliphatic heterocycles. The summed E-state index contributed by atoms with van der Waals surface area (Å²) in [5.41, 5.74) is 0.874. The van der Waals surface area contributed by atoms with Gasteiger partial charge in [0.05, 0.1) is 18.2 Å². The minimum Gasteiger partial charge on any atom is -0.497 e. The second-order valence-corrected chi connectivity index (χ2v) is 4.06. The predicted octanol–water partition coefficient (Wildman–Crippen LogP) is 2.70. The number of carboxylic acids is 1. The Morgan fingerprint density at radius 3 is 2.81 bits per heavy atom. The average molecular weight is 282 g/mol. The molecule has 1 aromatic carbocycles. The summed E-state index contributed by atoms with van der Waals surface area (Å²) in [6, 6.07) is 5.10. The first-order valence-corrected chi connectivity index (χ1v) is 5.27. The summed E-state index contributed by atoms with van der Waals surface area (Å²) in [7, 11) is 1.56. The average Bonchev–Trinajstić information content (AvgIpc) is 2.28. The zero-order chi connectivity index (χ0) is 11.7. The van der Waals surface area contributed by atoms with Crippen molar-refractivity contribution in [1.82, 2.24) is 4.98 Å². The second-order valence-electron chi connectivity index (χ2n) is 3.21. The first-order chi connectivity index (χ1) is 7.61. The third kappa shape index (κ3) is 1.86. The first kappa shape index (κ1) is 10.9. The van der Waals surface area contributed by atoms with Crippen LogP contribution in [0.1, 0.15) is 10.4 Å². The number of benzene rings is 1. The molecule has 0 atom stereocenters. The lowest BCUT2D eigenvalue weighted by Crippen LogP contribution is -1.97. The summed E-state index contributed by atoms with van der Waals surface area (Å²) in [5, 5.41) is 9.59. The fraction of sp³-hybridized carbons (Fsp3) is 0.0909. The maximum Gasteiger partial charge on any atom is 0.337 e. The molecule has 0 aliphatic carbocycles. The topological polar surface area (TPSA) is 59.4 Å². The zero-order valence-electron chi connectivity index (χ0n) is 8.40. The maximum atomic E-state index is 10.8. The van der Waals surface area contributed by atoms with Gasteiger partial charge in [0.25, 0.3) is 0 Å². The Bertz CT molecular complexity index is 568. The van der Waals surface area contributed by atoms with Crippen molar-refractivity contribution >= 4 is 32.8 Å². The van der Waals surface area contributed by atoms with Crippen LogP contribution in [0.15, 0.2) is 28.9 Å². The molecule has 0 amide bonds. The van der Waals surface area contributed by atoms with Crippen molar-refractivity contribution < 1.29 is 14.6 Å². The molecule has 0 fully saturated rings. The van der Waals surface area contributed by atoms with Gasteiger partial charge in [-0.05, 0) is 34.1 Å².